The van der Waals surface area contributed by atoms with Crippen LogP contribution in [0, 0.1) is 12.7 Å². The molecule has 2 amide bonds. The number of amides is 2. The number of morpholine rings is 1. The number of benzene rings is 3. The highest BCUT2D eigenvalue weighted by atomic mass is 19.1. The molecule has 2 unspecified atom stereocenters. The molecule has 0 saturated carbocycles. The van der Waals surface area contributed by atoms with Crippen LogP contribution in [0.1, 0.15) is 33.2 Å². The third-order valence-electron chi connectivity index (χ3n) is 5.72. The first-order valence-corrected chi connectivity index (χ1v) is 10.7. The number of aryl methyl sites for hydroxylation is 1. The van der Waals surface area contributed by atoms with Gasteiger partial charge in [-0.15, -0.1) is 0 Å². The highest BCUT2D eigenvalue weighted by molar-refractivity contribution is 6.04. The average molecular weight is 448 g/mol. The molecule has 1 saturated heterocycles. The molecule has 3 aromatic rings. The Kier molecular flexibility index (Phi) is 6.82. The zero-order valence-electron chi connectivity index (χ0n) is 18.2. The Hall–Kier alpha value is -3.55. The van der Waals surface area contributed by atoms with Gasteiger partial charge in [-0.05, 0) is 42.8 Å². The van der Waals surface area contributed by atoms with E-state index in [2.05, 4.69) is 5.32 Å². The zero-order valence-corrected chi connectivity index (χ0v) is 18.2. The van der Waals surface area contributed by atoms with Crippen LogP contribution in [0.25, 0.3) is 0 Å². The molecule has 0 radical (unpaired) electrons. The number of nitrogens with zero attached hydrogens (tertiary/aromatic N) is 1. The monoisotopic (exact) mass is 448 g/mol. The maximum Gasteiger partial charge on any atom is 0.255 e. The number of halogens is 1. The number of aliphatic hydroxyl groups excluding tert-OH is 1. The lowest BCUT2D eigenvalue weighted by Gasteiger charge is -2.38. The molecule has 7 heteroatoms. The topological polar surface area (TPSA) is 78.9 Å². The minimum atomic E-state index is -1.04. The van der Waals surface area contributed by atoms with E-state index in [4.69, 9.17) is 4.74 Å². The molecule has 0 aromatic heterocycles. The third-order valence-corrected chi connectivity index (χ3v) is 5.72. The van der Waals surface area contributed by atoms with E-state index in [0.717, 1.165) is 5.56 Å². The van der Waals surface area contributed by atoms with Crippen LogP contribution in [-0.4, -0.2) is 41.1 Å². The predicted molar refractivity (Wildman–Crippen MR) is 122 cm³/mol. The number of aliphatic hydroxyl groups is 1. The molecule has 3 aromatic carbocycles. The second-order valence-corrected chi connectivity index (χ2v) is 8.08. The number of hydrogen-bond donors (Lipinski definition) is 2. The van der Waals surface area contributed by atoms with Crippen LogP contribution < -0.4 is 5.32 Å². The predicted octanol–water partition coefficient (Wildman–Crippen LogP) is 3.85. The Balaban J connectivity index is 1.47. The highest BCUT2D eigenvalue weighted by Gasteiger charge is 2.35. The number of carbonyl (C=O) groups excluding carboxylic acids is 2. The molecule has 33 heavy (non-hydrogen) atoms. The van der Waals surface area contributed by atoms with Crippen LogP contribution >= 0.6 is 0 Å². The van der Waals surface area contributed by atoms with Crippen molar-refractivity contribution in [3.63, 3.8) is 0 Å². The summed E-state index contributed by atoms with van der Waals surface area (Å²) in [6, 6.07) is 19.6. The standard InChI is InChI=1S/C26H25FN2O4/c1-17-6-8-19(9-7-17)26(32)28-21-12-10-18(11-13-21)25(31)23-15-33-16-24(30)29(23)14-20-4-2-3-5-22(20)27/h2-13,23,25,31H,14-16H2,1H3,(H,28,32). The van der Waals surface area contributed by atoms with Gasteiger partial charge in [0.15, 0.2) is 0 Å². The van der Waals surface area contributed by atoms with E-state index in [1.54, 1.807) is 54.6 Å². The van der Waals surface area contributed by atoms with Gasteiger partial charge >= 0.3 is 0 Å². The molecule has 1 aliphatic heterocycles. The van der Waals surface area contributed by atoms with Crippen molar-refractivity contribution in [1.29, 1.82) is 0 Å². The minimum Gasteiger partial charge on any atom is -0.386 e. The van der Waals surface area contributed by atoms with Gasteiger partial charge in [-0.1, -0.05) is 48.0 Å². The largest absolute Gasteiger partial charge is 0.386 e. The number of ether oxygens (including phenoxy) is 1. The maximum atomic E-state index is 14.1. The summed E-state index contributed by atoms with van der Waals surface area (Å²) in [4.78, 5) is 26.4. The van der Waals surface area contributed by atoms with Crippen molar-refractivity contribution < 1.29 is 23.8 Å². The normalized spacial score (nSPS) is 17.0. The van der Waals surface area contributed by atoms with E-state index in [-0.39, 0.29) is 31.6 Å². The Labute approximate surface area is 191 Å². The van der Waals surface area contributed by atoms with Gasteiger partial charge in [-0.2, -0.15) is 0 Å². The maximum absolute atomic E-state index is 14.1. The van der Waals surface area contributed by atoms with Gasteiger partial charge in [0.1, 0.15) is 18.5 Å². The van der Waals surface area contributed by atoms with Crippen molar-refractivity contribution in [2.24, 2.45) is 0 Å². The second kappa shape index (κ2) is 9.94. The molecule has 1 fully saturated rings. The molecule has 1 aliphatic rings. The molecular formula is C26H25FN2O4. The van der Waals surface area contributed by atoms with Crippen molar-refractivity contribution in [3.05, 3.63) is 101 Å². The van der Waals surface area contributed by atoms with E-state index >= 15 is 0 Å². The van der Waals surface area contributed by atoms with Crippen molar-refractivity contribution in [3.8, 4) is 0 Å². The van der Waals surface area contributed by atoms with Crippen molar-refractivity contribution in [2.45, 2.75) is 25.6 Å². The first-order valence-electron chi connectivity index (χ1n) is 10.7. The first kappa shape index (κ1) is 22.6. The van der Waals surface area contributed by atoms with Crippen LogP contribution in [0.15, 0.2) is 72.8 Å². The summed E-state index contributed by atoms with van der Waals surface area (Å²) in [7, 11) is 0. The lowest BCUT2D eigenvalue weighted by Crippen LogP contribution is -2.51. The highest BCUT2D eigenvalue weighted by Crippen LogP contribution is 2.27. The lowest BCUT2D eigenvalue weighted by atomic mass is 9.99. The van der Waals surface area contributed by atoms with Gasteiger partial charge in [0.2, 0.25) is 5.91 Å². The molecule has 2 N–H and O–H groups in total. The summed E-state index contributed by atoms with van der Waals surface area (Å²) in [6.07, 6.45) is -1.04. The second-order valence-electron chi connectivity index (χ2n) is 8.08. The summed E-state index contributed by atoms with van der Waals surface area (Å²) < 4.78 is 19.5. The SMILES string of the molecule is Cc1ccc(C(=O)Nc2ccc(C(O)C3COCC(=O)N3Cc3ccccc3F)cc2)cc1. The summed E-state index contributed by atoms with van der Waals surface area (Å²) in [5, 5.41) is 13.8. The number of hydrogen-bond acceptors (Lipinski definition) is 4. The van der Waals surface area contributed by atoms with Crippen LogP contribution in [0.2, 0.25) is 0 Å². The molecule has 4 rings (SSSR count). The summed E-state index contributed by atoms with van der Waals surface area (Å²) in [5.74, 6) is -0.945. The average Bonchev–Trinajstić information content (AvgIpc) is 2.82. The van der Waals surface area contributed by atoms with E-state index in [9.17, 15) is 19.1 Å². The quantitative estimate of drug-likeness (QED) is 0.601. The fourth-order valence-corrected chi connectivity index (χ4v) is 3.80. The molecule has 170 valence electrons. The van der Waals surface area contributed by atoms with Gasteiger partial charge in [0, 0.05) is 23.4 Å². The smallest absolute Gasteiger partial charge is 0.255 e. The Morgan fingerprint density at radius 1 is 1.12 bits per heavy atom. The van der Waals surface area contributed by atoms with Crippen LogP contribution in [0.4, 0.5) is 10.1 Å². The fraction of sp³-hybridized carbons (Fsp3) is 0.231. The van der Waals surface area contributed by atoms with Gasteiger partial charge in [0.05, 0.1) is 12.6 Å². The van der Waals surface area contributed by atoms with Gasteiger partial charge < -0.3 is 20.1 Å². The molecule has 0 aliphatic carbocycles. The van der Waals surface area contributed by atoms with E-state index in [0.29, 0.717) is 22.4 Å². The van der Waals surface area contributed by atoms with Gasteiger partial charge in [-0.25, -0.2) is 4.39 Å². The Morgan fingerprint density at radius 3 is 2.52 bits per heavy atom. The number of anilines is 1. The van der Waals surface area contributed by atoms with Gasteiger partial charge in [0.25, 0.3) is 5.91 Å². The molecule has 0 spiro atoms. The van der Waals surface area contributed by atoms with E-state index in [1.807, 2.05) is 19.1 Å². The zero-order chi connectivity index (χ0) is 23.4. The Morgan fingerprint density at radius 2 is 1.82 bits per heavy atom. The number of nitrogens with one attached hydrogen (secondary N) is 1. The fourth-order valence-electron chi connectivity index (χ4n) is 3.80. The molecule has 2 atom stereocenters. The van der Waals surface area contributed by atoms with E-state index < -0.39 is 18.0 Å². The van der Waals surface area contributed by atoms with Crippen molar-refractivity contribution >= 4 is 17.5 Å². The Bertz CT molecular complexity index is 1130. The number of carbonyl (C=O) groups is 2. The number of rotatable bonds is 6. The lowest BCUT2D eigenvalue weighted by molar-refractivity contribution is -0.155. The molecular weight excluding hydrogens is 423 g/mol. The summed E-state index contributed by atoms with van der Waals surface area (Å²) in [5.41, 5.74) is 3.13. The summed E-state index contributed by atoms with van der Waals surface area (Å²) >= 11 is 0. The minimum absolute atomic E-state index is 0.0429. The van der Waals surface area contributed by atoms with E-state index in [1.165, 1.54) is 11.0 Å². The first-order chi connectivity index (χ1) is 15.9. The van der Waals surface area contributed by atoms with Crippen LogP contribution in [-0.2, 0) is 16.1 Å². The van der Waals surface area contributed by atoms with Crippen molar-refractivity contribution in [1.82, 2.24) is 4.90 Å². The van der Waals surface area contributed by atoms with Crippen molar-refractivity contribution in [2.75, 3.05) is 18.5 Å². The van der Waals surface area contributed by atoms with Crippen LogP contribution in [0.3, 0.4) is 0 Å². The molecule has 6 nitrogen and oxygen atoms in total. The van der Waals surface area contributed by atoms with Crippen LogP contribution in [0.5, 0.6) is 0 Å². The third kappa shape index (κ3) is 5.27. The molecule has 1 heterocycles. The van der Waals surface area contributed by atoms with Gasteiger partial charge in [-0.3, -0.25) is 9.59 Å². The molecule has 0 bridgehead atoms. The summed E-state index contributed by atoms with van der Waals surface area (Å²) in [6.45, 7) is 2.02.